The highest BCUT2D eigenvalue weighted by Gasteiger charge is 2.30. The van der Waals surface area contributed by atoms with E-state index in [9.17, 15) is 4.79 Å². The molecular formula is C15H18N2O2S2. The number of aromatic nitrogens is 1. The van der Waals surface area contributed by atoms with Crippen LogP contribution >= 0.6 is 22.7 Å². The Morgan fingerprint density at radius 3 is 3.00 bits per heavy atom. The standard InChI is InChI=1S/C15H18N2O2S2/c1-9-7-19-10(2)6-17(9)15(18)13-11(3)16-14(21-13)12-4-5-20-8-12/h4-5,8-10H,6-7H2,1-3H3/t9-,10+/m1/s1. The zero-order chi connectivity index (χ0) is 15.0. The number of thiazole rings is 1. The zero-order valence-electron chi connectivity index (χ0n) is 12.3. The van der Waals surface area contributed by atoms with Crippen molar-refractivity contribution in [3.8, 4) is 10.6 Å². The molecular weight excluding hydrogens is 304 g/mol. The normalized spacial score (nSPS) is 22.5. The number of aryl methyl sites for hydroxylation is 1. The minimum atomic E-state index is 0.0779. The first-order valence-corrected chi connectivity index (χ1v) is 8.74. The van der Waals surface area contributed by atoms with Crippen molar-refractivity contribution in [1.29, 1.82) is 0 Å². The van der Waals surface area contributed by atoms with E-state index in [0.29, 0.717) is 13.2 Å². The minimum absolute atomic E-state index is 0.0779. The summed E-state index contributed by atoms with van der Waals surface area (Å²) in [5, 5.41) is 5.01. The Bertz CT molecular complexity index is 636. The van der Waals surface area contributed by atoms with Gasteiger partial charge >= 0.3 is 0 Å². The van der Waals surface area contributed by atoms with Crippen LogP contribution in [0.15, 0.2) is 16.8 Å². The average molecular weight is 322 g/mol. The molecule has 4 nitrogen and oxygen atoms in total. The first-order chi connectivity index (χ1) is 10.1. The fourth-order valence-corrected chi connectivity index (χ4v) is 4.15. The number of morpholine rings is 1. The van der Waals surface area contributed by atoms with Crippen LogP contribution in [-0.2, 0) is 4.74 Å². The van der Waals surface area contributed by atoms with Gasteiger partial charge in [0.1, 0.15) is 9.88 Å². The molecule has 2 aromatic heterocycles. The lowest BCUT2D eigenvalue weighted by atomic mass is 10.2. The largest absolute Gasteiger partial charge is 0.375 e. The van der Waals surface area contributed by atoms with E-state index in [1.54, 1.807) is 11.3 Å². The number of rotatable bonds is 2. The number of thiophene rings is 1. The summed E-state index contributed by atoms with van der Waals surface area (Å²) < 4.78 is 5.60. The quantitative estimate of drug-likeness (QED) is 0.851. The lowest BCUT2D eigenvalue weighted by Gasteiger charge is -2.36. The summed E-state index contributed by atoms with van der Waals surface area (Å²) in [4.78, 5) is 20.0. The SMILES string of the molecule is Cc1nc(-c2ccsc2)sc1C(=O)N1C[C@H](C)OC[C@H]1C. The number of hydrogen-bond donors (Lipinski definition) is 0. The number of ether oxygens (including phenoxy) is 1. The molecule has 1 aliphatic rings. The molecule has 3 rings (SSSR count). The van der Waals surface area contributed by atoms with E-state index < -0.39 is 0 Å². The number of amides is 1. The van der Waals surface area contributed by atoms with E-state index in [-0.39, 0.29) is 18.1 Å². The second kappa shape index (κ2) is 5.87. The molecule has 2 aromatic rings. The molecule has 2 atom stereocenters. The van der Waals surface area contributed by atoms with Crippen LogP contribution in [0.5, 0.6) is 0 Å². The fourth-order valence-electron chi connectivity index (χ4n) is 2.42. The second-order valence-corrected chi connectivity index (χ2v) is 7.18. The Labute approximate surface area is 132 Å². The van der Waals surface area contributed by atoms with Crippen molar-refractivity contribution in [2.24, 2.45) is 0 Å². The predicted molar refractivity (Wildman–Crippen MR) is 86.1 cm³/mol. The summed E-state index contributed by atoms with van der Waals surface area (Å²) >= 11 is 3.13. The van der Waals surface area contributed by atoms with Crippen molar-refractivity contribution in [2.45, 2.75) is 32.9 Å². The molecule has 21 heavy (non-hydrogen) atoms. The number of carbonyl (C=O) groups excluding carboxylic acids is 1. The Morgan fingerprint density at radius 2 is 2.29 bits per heavy atom. The maximum absolute atomic E-state index is 12.8. The predicted octanol–water partition coefficient (Wildman–Crippen LogP) is 3.43. The van der Waals surface area contributed by atoms with Crippen LogP contribution in [0.1, 0.15) is 29.2 Å². The lowest BCUT2D eigenvalue weighted by molar-refractivity contribution is -0.0385. The second-order valence-electron chi connectivity index (χ2n) is 5.40. The van der Waals surface area contributed by atoms with Gasteiger partial charge in [0.2, 0.25) is 0 Å². The van der Waals surface area contributed by atoms with E-state index in [1.165, 1.54) is 11.3 Å². The Morgan fingerprint density at radius 1 is 1.48 bits per heavy atom. The molecule has 3 heterocycles. The molecule has 0 N–H and O–H groups in total. The summed E-state index contributed by atoms with van der Waals surface area (Å²) in [6.07, 6.45) is 0.0923. The summed E-state index contributed by atoms with van der Waals surface area (Å²) in [7, 11) is 0. The first kappa shape index (κ1) is 14.7. The van der Waals surface area contributed by atoms with Crippen LogP contribution in [0, 0.1) is 6.92 Å². The van der Waals surface area contributed by atoms with Gasteiger partial charge in [-0.1, -0.05) is 0 Å². The molecule has 0 radical (unpaired) electrons. The highest BCUT2D eigenvalue weighted by atomic mass is 32.1. The zero-order valence-corrected chi connectivity index (χ0v) is 14.0. The van der Waals surface area contributed by atoms with E-state index in [1.807, 2.05) is 37.1 Å². The van der Waals surface area contributed by atoms with Gasteiger partial charge in [-0.05, 0) is 32.2 Å². The third-order valence-corrected chi connectivity index (χ3v) is 5.51. The molecule has 1 amide bonds. The van der Waals surface area contributed by atoms with Crippen molar-refractivity contribution >= 4 is 28.6 Å². The lowest BCUT2D eigenvalue weighted by Crippen LogP contribution is -2.50. The van der Waals surface area contributed by atoms with Gasteiger partial charge in [0.25, 0.3) is 5.91 Å². The van der Waals surface area contributed by atoms with Crippen LogP contribution in [0.25, 0.3) is 10.6 Å². The van der Waals surface area contributed by atoms with Crippen molar-refractivity contribution in [1.82, 2.24) is 9.88 Å². The van der Waals surface area contributed by atoms with Gasteiger partial charge in [-0.2, -0.15) is 11.3 Å². The number of hydrogen-bond acceptors (Lipinski definition) is 5. The molecule has 0 spiro atoms. The van der Waals surface area contributed by atoms with Crippen molar-refractivity contribution in [3.63, 3.8) is 0 Å². The molecule has 1 saturated heterocycles. The Kier molecular flexibility index (Phi) is 4.10. The molecule has 0 bridgehead atoms. The van der Waals surface area contributed by atoms with Gasteiger partial charge in [0, 0.05) is 17.5 Å². The van der Waals surface area contributed by atoms with Crippen LogP contribution in [0.4, 0.5) is 0 Å². The molecule has 0 aliphatic carbocycles. The third-order valence-electron chi connectivity index (χ3n) is 3.63. The molecule has 6 heteroatoms. The summed E-state index contributed by atoms with van der Waals surface area (Å²) in [6.45, 7) is 7.18. The van der Waals surface area contributed by atoms with Crippen molar-refractivity contribution in [3.05, 3.63) is 27.4 Å². The highest BCUT2D eigenvalue weighted by Crippen LogP contribution is 2.31. The summed E-state index contributed by atoms with van der Waals surface area (Å²) in [5.41, 5.74) is 1.91. The van der Waals surface area contributed by atoms with Crippen molar-refractivity contribution in [2.75, 3.05) is 13.2 Å². The fraction of sp³-hybridized carbons (Fsp3) is 0.467. The van der Waals surface area contributed by atoms with Gasteiger partial charge in [-0.25, -0.2) is 4.98 Å². The van der Waals surface area contributed by atoms with Crippen LogP contribution in [-0.4, -0.2) is 41.1 Å². The Balaban J connectivity index is 1.88. The van der Waals surface area contributed by atoms with Gasteiger partial charge in [-0.3, -0.25) is 4.79 Å². The maximum Gasteiger partial charge on any atom is 0.266 e. The molecule has 0 unspecified atom stereocenters. The molecule has 1 fully saturated rings. The smallest absolute Gasteiger partial charge is 0.266 e. The van der Waals surface area contributed by atoms with Gasteiger partial charge in [-0.15, -0.1) is 11.3 Å². The Hall–Kier alpha value is -1.24. The monoisotopic (exact) mass is 322 g/mol. The third kappa shape index (κ3) is 2.88. The minimum Gasteiger partial charge on any atom is -0.375 e. The summed E-state index contributed by atoms with van der Waals surface area (Å²) in [6, 6.07) is 2.15. The topological polar surface area (TPSA) is 42.4 Å². The number of nitrogens with zero attached hydrogens (tertiary/aromatic N) is 2. The van der Waals surface area contributed by atoms with Crippen LogP contribution < -0.4 is 0 Å². The van der Waals surface area contributed by atoms with Crippen molar-refractivity contribution < 1.29 is 9.53 Å². The average Bonchev–Trinajstić information content (AvgIpc) is 3.09. The number of carbonyl (C=O) groups is 1. The molecule has 0 saturated carbocycles. The summed E-state index contributed by atoms with van der Waals surface area (Å²) in [5.74, 6) is 0.0779. The molecule has 0 aromatic carbocycles. The van der Waals surface area contributed by atoms with Gasteiger partial charge in [0.15, 0.2) is 0 Å². The molecule has 1 aliphatic heterocycles. The van der Waals surface area contributed by atoms with E-state index in [2.05, 4.69) is 10.4 Å². The van der Waals surface area contributed by atoms with E-state index in [0.717, 1.165) is 21.1 Å². The van der Waals surface area contributed by atoms with Gasteiger partial charge < -0.3 is 9.64 Å². The first-order valence-electron chi connectivity index (χ1n) is 6.99. The van der Waals surface area contributed by atoms with Crippen LogP contribution in [0.2, 0.25) is 0 Å². The molecule has 112 valence electrons. The van der Waals surface area contributed by atoms with E-state index >= 15 is 0 Å². The maximum atomic E-state index is 12.8. The highest BCUT2D eigenvalue weighted by molar-refractivity contribution is 7.17. The van der Waals surface area contributed by atoms with E-state index in [4.69, 9.17) is 4.74 Å². The van der Waals surface area contributed by atoms with Crippen LogP contribution in [0.3, 0.4) is 0 Å². The van der Waals surface area contributed by atoms with Gasteiger partial charge in [0.05, 0.1) is 24.4 Å².